The zero-order valence-corrected chi connectivity index (χ0v) is 16.1. The van der Waals surface area contributed by atoms with Crippen LogP contribution in [0.1, 0.15) is 36.3 Å². The Bertz CT molecular complexity index is 670. The van der Waals surface area contributed by atoms with E-state index in [-0.39, 0.29) is 11.9 Å². The highest BCUT2D eigenvalue weighted by Crippen LogP contribution is 2.13. The molecule has 26 heavy (non-hydrogen) atoms. The van der Waals surface area contributed by atoms with Crippen LogP contribution in [0.4, 0.5) is 5.82 Å². The molecule has 0 aliphatic carbocycles. The molecule has 0 atom stereocenters. The van der Waals surface area contributed by atoms with Crippen molar-refractivity contribution in [3.05, 3.63) is 53.7 Å². The Labute approximate surface area is 156 Å². The number of rotatable bonds is 9. The Morgan fingerprint density at radius 3 is 2.38 bits per heavy atom. The van der Waals surface area contributed by atoms with Crippen molar-refractivity contribution in [3.8, 4) is 0 Å². The van der Waals surface area contributed by atoms with Crippen LogP contribution in [-0.4, -0.2) is 59.1 Å². The zero-order valence-electron chi connectivity index (χ0n) is 16.1. The Morgan fingerprint density at radius 2 is 1.81 bits per heavy atom. The van der Waals surface area contributed by atoms with Gasteiger partial charge in [-0.15, -0.1) is 10.2 Å². The molecule has 1 heterocycles. The van der Waals surface area contributed by atoms with Crippen molar-refractivity contribution in [1.29, 1.82) is 0 Å². The summed E-state index contributed by atoms with van der Waals surface area (Å²) in [6, 6.07) is 13.6. The number of anilines is 1. The molecule has 0 unspecified atom stereocenters. The Balaban J connectivity index is 1.98. The quantitative estimate of drug-likeness (QED) is 0.701. The molecule has 0 aliphatic heterocycles. The minimum Gasteiger partial charge on any atom is -0.369 e. The van der Waals surface area contributed by atoms with Gasteiger partial charge in [-0.1, -0.05) is 30.3 Å². The Kier molecular flexibility index (Phi) is 7.53. The van der Waals surface area contributed by atoms with E-state index in [1.807, 2.05) is 55.1 Å². The van der Waals surface area contributed by atoms with Gasteiger partial charge in [-0.2, -0.15) is 0 Å². The van der Waals surface area contributed by atoms with Crippen LogP contribution in [0.2, 0.25) is 0 Å². The molecule has 0 spiro atoms. The molecule has 1 N–H and O–H groups in total. The maximum atomic E-state index is 12.8. The molecule has 0 fully saturated rings. The van der Waals surface area contributed by atoms with Gasteiger partial charge in [0.05, 0.1) is 0 Å². The van der Waals surface area contributed by atoms with Gasteiger partial charge in [0.1, 0.15) is 5.82 Å². The van der Waals surface area contributed by atoms with Crippen molar-refractivity contribution in [2.24, 2.45) is 0 Å². The molecular weight excluding hydrogens is 326 g/mol. The van der Waals surface area contributed by atoms with Crippen molar-refractivity contribution in [2.45, 2.75) is 32.9 Å². The third-order valence-corrected chi connectivity index (χ3v) is 4.05. The van der Waals surface area contributed by atoms with E-state index in [1.165, 1.54) is 0 Å². The predicted molar refractivity (Wildman–Crippen MR) is 105 cm³/mol. The predicted octanol–water partition coefficient (Wildman–Crippen LogP) is 2.89. The summed E-state index contributed by atoms with van der Waals surface area (Å²) in [6.45, 7) is 6.42. The fraction of sp³-hybridized carbons (Fsp3) is 0.450. The number of aromatic nitrogens is 2. The van der Waals surface area contributed by atoms with Crippen LogP contribution >= 0.6 is 0 Å². The van der Waals surface area contributed by atoms with E-state index >= 15 is 0 Å². The highest BCUT2D eigenvalue weighted by atomic mass is 16.2. The van der Waals surface area contributed by atoms with Crippen LogP contribution < -0.4 is 5.32 Å². The zero-order chi connectivity index (χ0) is 18.9. The second-order valence-corrected chi connectivity index (χ2v) is 6.90. The fourth-order valence-electron chi connectivity index (χ4n) is 2.57. The molecule has 0 aliphatic rings. The minimum absolute atomic E-state index is 0.0772. The molecule has 140 valence electrons. The third-order valence-electron chi connectivity index (χ3n) is 4.05. The third kappa shape index (κ3) is 6.11. The van der Waals surface area contributed by atoms with Gasteiger partial charge in [0, 0.05) is 19.1 Å². The van der Waals surface area contributed by atoms with Crippen LogP contribution in [0.5, 0.6) is 0 Å². The number of nitrogens with zero attached hydrogens (tertiary/aromatic N) is 4. The van der Waals surface area contributed by atoms with E-state index < -0.39 is 0 Å². The summed E-state index contributed by atoms with van der Waals surface area (Å²) in [5.41, 5.74) is 1.47. The average molecular weight is 355 g/mol. The van der Waals surface area contributed by atoms with Crippen LogP contribution in [-0.2, 0) is 6.54 Å². The van der Waals surface area contributed by atoms with E-state index in [9.17, 15) is 4.79 Å². The van der Waals surface area contributed by atoms with Crippen LogP contribution in [0.3, 0.4) is 0 Å². The number of hydrogen-bond acceptors (Lipinski definition) is 5. The summed E-state index contributed by atoms with van der Waals surface area (Å²) < 4.78 is 0. The first-order valence-corrected chi connectivity index (χ1v) is 9.04. The maximum absolute atomic E-state index is 12.8. The van der Waals surface area contributed by atoms with Gasteiger partial charge < -0.3 is 15.1 Å². The largest absolute Gasteiger partial charge is 0.369 e. The molecule has 6 heteroatoms. The summed E-state index contributed by atoms with van der Waals surface area (Å²) in [6.07, 6.45) is 1.02. The van der Waals surface area contributed by atoms with E-state index in [1.54, 1.807) is 6.07 Å². The average Bonchev–Trinajstić information content (AvgIpc) is 2.64. The molecule has 0 radical (unpaired) electrons. The molecule has 2 rings (SSSR count). The van der Waals surface area contributed by atoms with Gasteiger partial charge in [-0.25, -0.2) is 0 Å². The first-order chi connectivity index (χ1) is 12.5. The molecule has 0 bridgehead atoms. The van der Waals surface area contributed by atoms with Gasteiger partial charge in [-0.05, 0) is 58.6 Å². The molecule has 0 saturated heterocycles. The SMILES string of the molecule is CC(C)N(Cc1ccccc1)C(=O)c1ccc(NCCCN(C)C)nn1. The van der Waals surface area contributed by atoms with Crippen molar-refractivity contribution < 1.29 is 4.79 Å². The number of amides is 1. The highest BCUT2D eigenvalue weighted by Gasteiger charge is 2.20. The highest BCUT2D eigenvalue weighted by molar-refractivity contribution is 5.92. The minimum atomic E-state index is -0.101. The van der Waals surface area contributed by atoms with Gasteiger partial charge in [-0.3, -0.25) is 4.79 Å². The number of hydrogen-bond donors (Lipinski definition) is 1. The normalized spacial score (nSPS) is 11.0. The smallest absolute Gasteiger partial charge is 0.274 e. The second kappa shape index (κ2) is 9.87. The van der Waals surface area contributed by atoms with Crippen LogP contribution in [0.15, 0.2) is 42.5 Å². The number of carbonyl (C=O) groups excluding carboxylic acids is 1. The molecule has 2 aromatic rings. The van der Waals surface area contributed by atoms with E-state index in [2.05, 4.69) is 34.5 Å². The summed E-state index contributed by atoms with van der Waals surface area (Å²) in [5, 5.41) is 11.5. The first-order valence-electron chi connectivity index (χ1n) is 9.04. The summed E-state index contributed by atoms with van der Waals surface area (Å²) in [5.74, 6) is 0.593. The standard InChI is InChI=1S/C20H29N5O/c1-16(2)25(15-17-9-6-5-7-10-17)20(26)18-11-12-19(23-22-18)21-13-8-14-24(3)4/h5-7,9-12,16H,8,13-15H2,1-4H3,(H,21,23). The van der Waals surface area contributed by atoms with Crippen molar-refractivity contribution in [3.63, 3.8) is 0 Å². The summed E-state index contributed by atoms with van der Waals surface area (Å²) >= 11 is 0. The lowest BCUT2D eigenvalue weighted by atomic mass is 10.1. The first kappa shape index (κ1) is 19.8. The monoisotopic (exact) mass is 355 g/mol. The molecule has 1 amide bonds. The van der Waals surface area contributed by atoms with Gasteiger partial charge in [0.2, 0.25) is 0 Å². The molecule has 0 saturated carbocycles. The van der Waals surface area contributed by atoms with Crippen LogP contribution in [0, 0.1) is 0 Å². The van der Waals surface area contributed by atoms with Gasteiger partial charge in [0.15, 0.2) is 5.69 Å². The van der Waals surface area contributed by atoms with Crippen LogP contribution in [0.25, 0.3) is 0 Å². The van der Waals surface area contributed by atoms with Gasteiger partial charge >= 0.3 is 0 Å². The Morgan fingerprint density at radius 1 is 1.08 bits per heavy atom. The number of benzene rings is 1. The lowest BCUT2D eigenvalue weighted by Gasteiger charge is -2.26. The number of carbonyl (C=O) groups is 1. The molecule has 6 nitrogen and oxygen atoms in total. The Hall–Kier alpha value is -2.47. The second-order valence-electron chi connectivity index (χ2n) is 6.90. The van der Waals surface area contributed by atoms with E-state index in [0.29, 0.717) is 18.1 Å². The van der Waals surface area contributed by atoms with Crippen molar-refractivity contribution >= 4 is 11.7 Å². The summed E-state index contributed by atoms with van der Waals surface area (Å²) in [4.78, 5) is 16.8. The van der Waals surface area contributed by atoms with E-state index in [0.717, 1.165) is 25.1 Å². The van der Waals surface area contributed by atoms with Crippen molar-refractivity contribution in [2.75, 3.05) is 32.5 Å². The number of nitrogens with one attached hydrogen (secondary N) is 1. The maximum Gasteiger partial charge on any atom is 0.274 e. The fourth-order valence-corrected chi connectivity index (χ4v) is 2.57. The van der Waals surface area contributed by atoms with Crippen molar-refractivity contribution in [1.82, 2.24) is 20.0 Å². The molecule has 1 aromatic heterocycles. The van der Waals surface area contributed by atoms with E-state index in [4.69, 9.17) is 0 Å². The molecule has 1 aromatic carbocycles. The topological polar surface area (TPSA) is 61.4 Å². The lowest BCUT2D eigenvalue weighted by Crippen LogP contribution is -2.37. The lowest BCUT2D eigenvalue weighted by molar-refractivity contribution is 0.0683. The van der Waals surface area contributed by atoms with Gasteiger partial charge in [0.25, 0.3) is 5.91 Å². The molecular formula is C20H29N5O. The summed E-state index contributed by atoms with van der Waals surface area (Å²) in [7, 11) is 4.10.